The number of carbonyl (C=O) groups is 1. The second-order valence-electron chi connectivity index (χ2n) is 6.10. The first-order valence-electron chi connectivity index (χ1n) is 7.89. The molecule has 0 bridgehead atoms. The molecule has 22 heavy (non-hydrogen) atoms. The number of halogens is 1. The van der Waals surface area contributed by atoms with Gasteiger partial charge in [0.1, 0.15) is 5.54 Å². The minimum absolute atomic E-state index is 0. The average Bonchev–Trinajstić information content (AvgIpc) is 3.10. The molecule has 1 aromatic heterocycles. The van der Waals surface area contributed by atoms with Crippen LogP contribution in [0.3, 0.4) is 0 Å². The third-order valence-corrected chi connectivity index (χ3v) is 4.93. The Hall–Kier alpha value is -1.33. The third kappa shape index (κ3) is 3.06. The highest BCUT2D eigenvalue weighted by atomic mass is 35.5. The van der Waals surface area contributed by atoms with Gasteiger partial charge >= 0.3 is 0 Å². The lowest BCUT2D eigenvalue weighted by Crippen LogP contribution is -2.57. The van der Waals surface area contributed by atoms with Crippen molar-refractivity contribution < 1.29 is 4.79 Å². The number of nitrogens with one attached hydrogen (secondary N) is 1. The molecule has 1 aromatic rings. The number of allylic oxidation sites excluding steroid dienone is 1. The zero-order chi connectivity index (χ0) is 14.7. The van der Waals surface area contributed by atoms with Crippen molar-refractivity contribution in [2.45, 2.75) is 31.2 Å². The van der Waals surface area contributed by atoms with Crippen molar-refractivity contribution >= 4 is 18.3 Å². The standard InChI is InChI=1S/C16H24N4O.ClH/c1-2-14-4-12-19(13-5-14)15(21)16(6-9-17-10-7-16)20-11-3-8-18-20;/h2-3,8,11,14,17H,1,4-7,9-10,12-13H2;1H. The van der Waals surface area contributed by atoms with Gasteiger partial charge in [0.15, 0.2) is 0 Å². The van der Waals surface area contributed by atoms with Crippen LogP contribution in [0.2, 0.25) is 0 Å². The maximum atomic E-state index is 13.2. The van der Waals surface area contributed by atoms with Gasteiger partial charge in [-0.05, 0) is 50.8 Å². The Morgan fingerprint density at radius 3 is 2.55 bits per heavy atom. The van der Waals surface area contributed by atoms with E-state index in [0.717, 1.165) is 51.9 Å². The first kappa shape index (κ1) is 17.0. The highest BCUT2D eigenvalue weighted by Crippen LogP contribution is 2.31. The van der Waals surface area contributed by atoms with Gasteiger partial charge in [0.25, 0.3) is 5.91 Å². The molecule has 6 heteroatoms. The molecule has 0 unspecified atom stereocenters. The maximum Gasteiger partial charge on any atom is 0.250 e. The van der Waals surface area contributed by atoms with Crippen molar-refractivity contribution in [1.29, 1.82) is 0 Å². The molecule has 1 amide bonds. The van der Waals surface area contributed by atoms with Gasteiger partial charge in [-0.2, -0.15) is 5.10 Å². The van der Waals surface area contributed by atoms with Crippen molar-refractivity contribution in [3.63, 3.8) is 0 Å². The molecule has 0 aromatic carbocycles. The molecule has 2 fully saturated rings. The van der Waals surface area contributed by atoms with E-state index in [1.807, 2.05) is 27.9 Å². The lowest BCUT2D eigenvalue weighted by Gasteiger charge is -2.42. The first-order valence-corrected chi connectivity index (χ1v) is 7.89. The molecule has 0 atom stereocenters. The van der Waals surface area contributed by atoms with Crippen LogP contribution in [0.4, 0.5) is 0 Å². The van der Waals surface area contributed by atoms with Crippen molar-refractivity contribution in [3.8, 4) is 0 Å². The smallest absolute Gasteiger partial charge is 0.250 e. The van der Waals surface area contributed by atoms with Gasteiger partial charge in [-0.15, -0.1) is 19.0 Å². The van der Waals surface area contributed by atoms with Crippen molar-refractivity contribution in [2.75, 3.05) is 26.2 Å². The number of nitrogens with zero attached hydrogens (tertiary/aromatic N) is 3. The van der Waals surface area contributed by atoms with E-state index < -0.39 is 5.54 Å². The summed E-state index contributed by atoms with van der Waals surface area (Å²) in [5.41, 5.74) is -0.490. The van der Waals surface area contributed by atoms with Crippen LogP contribution in [0.5, 0.6) is 0 Å². The maximum absolute atomic E-state index is 13.2. The van der Waals surface area contributed by atoms with E-state index in [-0.39, 0.29) is 18.3 Å². The number of likely N-dealkylation sites (tertiary alicyclic amines) is 1. The molecule has 3 rings (SSSR count). The minimum Gasteiger partial charge on any atom is -0.341 e. The molecule has 1 N–H and O–H groups in total. The van der Waals surface area contributed by atoms with Crippen LogP contribution in [0, 0.1) is 5.92 Å². The Kier molecular flexibility index (Phi) is 5.64. The molecular weight excluding hydrogens is 300 g/mol. The molecule has 122 valence electrons. The number of hydrogen-bond acceptors (Lipinski definition) is 3. The Morgan fingerprint density at radius 1 is 1.32 bits per heavy atom. The zero-order valence-electron chi connectivity index (χ0n) is 12.9. The number of aromatic nitrogens is 2. The van der Waals surface area contributed by atoms with E-state index in [4.69, 9.17) is 0 Å². The summed E-state index contributed by atoms with van der Waals surface area (Å²) in [6.07, 6.45) is 9.41. The lowest BCUT2D eigenvalue weighted by molar-refractivity contribution is -0.144. The molecular formula is C16H25ClN4O. The average molecular weight is 325 g/mol. The van der Waals surface area contributed by atoms with E-state index in [9.17, 15) is 4.79 Å². The van der Waals surface area contributed by atoms with Gasteiger partial charge in [-0.1, -0.05) is 6.08 Å². The Labute approximate surface area is 138 Å². The van der Waals surface area contributed by atoms with E-state index in [2.05, 4.69) is 17.0 Å². The summed E-state index contributed by atoms with van der Waals surface area (Å²) in [4.78, 5) is 15.2. The summed E-state index contributed by atoms with van der Waals surface area (Å²) in [5, 5.41) is 7.73. The number of hydrogen-bond donors (Lipinski definition) is 1. The van der Waals surface area contributed by atoms with Gasteiger partial charge in [0.2, 0.25) is 0 Å². The fourth-order valence-electron chi connectivity index (χ4n) is 3.54. The second kappa shape index (κ2) is 7.29. The fraction of sp³-hybridized carbons (Fsp3) is 0.625. The number of piperidine rings is 2. The topological polar surface area (TPSA) is 50.2 Å². The molecule has 0 saturated carbocycles. The molecule has 2 saturated heterocycles. The molecule has 2 aliphatic heterocycles. The van der Waals surface area contributed by atoms with Gasteiger partial charge < -0.3 is 10.2 Å². The number of carbonyl (C=O) groups excluding carboxylic acids is 1. The summed E-state index contributed by atoms with van der Waals surface area (Å²) in [6, 6.07) is 1.90. The highest BCUT2D eigenvalue weighted by Gasteiger charge is 2.44. The Bertz CT molecular complexity index is 488. The van der Waals surface area contributed by atoms with E-state index in [0.29, 0.717) is 5.92 Å². The fourth-order valence-corrected chi connectivity index (χ4v) is 3.54. The predicted molar refractivity (Wildman–Crippen MR) is 89.1 cm³/mol. The van der Waals surface area contributed by atoms with Crippen molar-refractivity contribution in [1.82, 2.24) is 20.0 Å². The highest BCUT2D eigenvalue weighted by molar-refractivity contribution is 5.85. The number of rotatable bonds is 3. The summed E-state index contributed by atoms with van der Waals surface area (Å²) < 4.78 is 1.88. The van der Waals surface area contributed by atoms with E-state index >= 15 is 0 Å². The molecule has 5 nitrogen and oxygen atoms in total. The van der Waals surface area contributed by atoms with Crippen LogP contribution in [0.1, 0.15) is 25.7 Å². The SMILES string of the molecule is C=CC1CCN(C(=O)C2(n3cccn3)CCNCC2)CC1.Cl. The van der Waals surface area contributed by atoms with Gasteiger partial charge in [0, 0.05) is 25.5 Å². The summed E-state index contributed by atoms with van der Waals surface area (Å²) >= 11 is 0. The van der Waals surface area contributed by atoms with Crippen LogP contribution >= 0.6 is 12.4 Å². The molecule has 0 aliphatic carbocycles. The monoisotopic (exact) mass is 324 g/mol. The normalized spacial score (nSPS) is 21.9. The van der Waals surface area contributed by atoms with Crippen molar-refractivity contribution in [3.05, 3.63) is 31.1 Å². The first-order chi connectivity index (χ1) is 10.3. The number of amides is 1. The second-order valence-corrected chi connectivity index (χ2v) is 6.10. The lowest BCUT2D eigenvalue weighted by atomic mass is 9.85. The summed E-state index contributed by atoms with van der Waals surface area (Å²) in [6.45, 7) is 7.29. The van der Waals surface area contributed by atoms with E-state index in [1.54, 1.807) is 6.20 Å². The largest absolute Gasteiger partial charge is 0.341 e. The minimum atomic E-state index is -0.490. The molecule has 2 aliphatic rings. The van der Waals surface area contributed by atoms with Crippen LogP contribution in [-0.2, 0) is 10.3 Å². The third-order valence-electron chi connectivity index (χ3n) is 4.93. The zero-order valence-corrected chi connectivity index (χ0v) is 13.7. The van der Waals surface area contributed by atoms with Crippen LogP contribution < -0.4 is 5.32 Å². The van der Waals surface area contributed by atoms with Crippen LogP contribution in [0.25, 0.3) is 0 Å². The van der Waals surface area contributed by atoms with Crippen LogP contribution in [-0.4, -0.2) is 46.8 Å². The van der Waals surface area contributed by atoms with Crippen molar-refractivity contribution in [2.24, 2.45) is 5.92 Å². The van der Waals surface area contributed by atoms with Gasteiger partial charge in [-0.25, -0.2) is 0 Å². The Morgan fingerprint density at radius 2 is 2.00 bits per heavy atom. The molecule has 3 heterocycles. The summed E-state index contributed by atoms with van der Waals surface area (Å²) in [5.74, 6) is 0.804. The predicted octanol–water partition coefficient (Wildman–Crippen LogP) is 1.81. The Balaban J connectivity index is 0.00000176. The van der Waals surface area contributed by atoms with Crippen LogP contribution in [0.15, 0.2) is 31.1 Å². The van der Waals surface area contributed by atoms with Gasteiger partial charge in [-0.3, -0.25) is 9.48 Å². The quantitative estimate of drug-likeness (QED) is 0.863. The molecule has 0 spiro atoms. The summed E-state index contributed by atoms with van der Waals surface area (Å²) in [7, 11) is 0. The van der Waals surface area contributed by atoms with Gasteiger partial charge in [0.05, 0.1) is 0 Å². The molecule has 0 radical (unpaired) electrons. The van der Waals surface area contributed by atoms with E-state index in [1.165, 1.54) is 0 Å².